The van der Waals surface area contributed by atoms with E-state index in [4.69, 9.17) is 9.47 Å². The molecule has 0 bridgehead atoms. The number of Topliss-reactive ketones (excluding diaryl/α,β-unsaturated/α-hetero) is 1. The average Bonchev–Trinajstić information content (AvgIpc) is 3.04. The minimum absolute atomic E-state index is 0.0808. The number of methoxy groups -OCH3 is 1. The molecule has 1 amide bonds. The summed E-state index contributed by atoms with van der Waals surface area (Å²) in [5.74, 6) is -0.403. The largest absolute Gasteiger partial charge is 0.507 e. The first-order valence-electron chi connectivity index (χ1n) is 10.7. The molecule has 3 rings (SSSR count). The summed E-state index contributed by atoms with van der Waals surface area (Å²) in [6.07, 6.45) is 0.691. The van der Waals surface area contributed by atoms with E-state index in [1.165, 1.54) is 4.90 Å². The Kier molecular flexibility index (Phi) is 7.53. The van der Waals surface area contributed by atoms with Gasteiger partial charge in [0, 0.05) is 12.1 Å². The monoisotopic (exact) mass is 438 g/mol. The zero-order valence-corrected chi connectivity index (χ0v) is 19.0. The van der Waals surface area contributed by atoms with E-state index >= 15 is 0 Å². The number of ether oxygens (including phenoxy) is 2. The standard InChI is InChI=1S/C25H30N2O5/c1-5-32-19-13-12-18(16-20(19)31-4)22-21(23(28)17-10-7-6-8-11-17)24(29)25(30)27(22)15-9-14-26(2)3/h6-8,10-13,16,22,28H,5,9,14-15H2,1-4H3/t22-/m0/s1. The summed E-state index contributed by atoms with van der Waals surface area (Å²) >= 11 is 0. The highest BCUT2D eigenvalue weighted by atomic mass is 16.5. The molecule has 170 valence electrons. The van der Waals surface area contributed by atoms with E-state index in [2.05, 4.69) is 0 Å². The van der Waals surface area contributed by atoms with Gasteiger partial charge in [-0.05, 0) is 51.7 Å². The molecule has 7 nitrogen and oxygen atoms in total. The van der Waals surface area contributed by atoms with E-state index in [0.29, 0.717) is 42.2 Å². The molecular formula is C25H30N2O5. The smallest absolute Gasteiger partial charge is 0.295 e. The average molecular weight is 439 g/mol. The van der Waals surface area contributed by atoms with Gasteiger partial charge >= 0.3 is 0 Å². The Morgan fingerprint density at radius 2 is 1.81 bits per heavy atom. The second-order valence-electron chi connectivity index (χ2n) is 7.86. The molecule has 0 aliphatic carbocycles. The third-order valence-electron chi connectivity index (χ3n) is 5.39. The number of amides is 1. The third-order valence-corrected chi connectivity index (χ3v) is 5.39. The number of carbonyl (C=O) groups is 2. The quantitative estimate of drug-likeness (QED) is 0.367. The summed E-state index contributed by atoms with van der Waals surface area (Å²) in [7, 11) is 5.45. The van der Waals surface area contributed by atoms with Crippen molar-refractivity contribution in [1.82, 2.24) is 9.80 Å². The Morgan fingerprint density at radius 1 is 1.09 bits per heavy atom. The maximum Gasteiger partial charge on any atom is 0.295 e. The van der Waals surface area contributed by atoms with E-state index in [-0.39, 0.29) is 11.3 Å². The van der Waals surface area contributed by atoms with Gasteiger partial charge in [-0.3, -0.25) is 9.59 Å². The molecule has 0 spiro atoms. The summed E-state index contributed by atoms with van der Waals surface area (Å²) in [6.45, 7) is 3.51. The zero-order valence-electron chi connectivity index (χ0n) is 19.0. The van der Waals surface area contributed by atoms with E-state index in [0.717, 1.165) is 6.54 Å². The number of hydrogen-bond acceptors (Lipinski definition) is 6. The molecule has 32 heavy (non-hydrogen) atoms. The Hall–Kier alpha value is -3.32. The highest BCUT2D eigenvalue weighted by Crippen LogP contribution is 2.42. The molecule has 1 fully saturated rings. The maximum absolute atomic E-state index is 13.1. The Balaban J connectivity index is 2.12. The van der Waals surface area contributed by atoms with Crippen molar-refractivity contribution in [3.63, 3.8) is 0 Å². The number of ketones is 1. The van der Waals surface area contributed by atoms with Gasteiger partial charge in [-0.1, -0.05) is 36.4 Å². The number of likely N-dealkylation sites (tertiary alicyclic amines) is 1. The fourth-order valence-corrected chi connectivity index (χ4v) is 3.90. The van der Waals surface area contributed by atoms with Gasteiger partial charge in [0.2, 0.25) is 0 Å². The second-order valence-corrected chi connectivity index (χ2v) is 7.86. The first-order valence-corrected chi connectivity index (χ1v) is 10.7. The summed E-state index contributed by atoms with van der Waals surface area (Å²) in [6, 6.07) is 13.4. The summed E-state index contributed by atoms with van der Waals surface area (Å²) < 4.78 is 11.1. The van der Waals surface area contributed by atoms with Crippen molar-refractivity contribution < 1.29 is 24.2 Å². The van der Waals surface area contributed by atoms with Crippen LogP contribution in [0.25, 0.3) is 5.76 Å². The number of aliphatic hydroxyl groups is 1. The van der Waals surface area contributed by atoms with Gasteiger partial charge < -0.3 is 24.4 Å². The lowest BCUT2D eigenvalue weighted by molar-refractivity contribution is -0.139. The van der Waals surface area contributed by atoms with E-state index in [1.807, 2.05) is 32.0 Å². The number of carbonyl (C=O) groups excluding carboxylic acids is 2. The first-order chi connectivity index (χ1) is 15.4. The predicted octanol–water partition coefficient (Wildman–Crippen LogP) is 3.47. The number of benzene rings is 2. The topological polar surface area (TPSA) is 79.3 Å². The number of nitrogens with zero attached hydrogens (tertiary/aromatic N) is 2. The van der Waals surface area contributed by atoms with Crippen molar-refractivity contribution in [3.8, 4) is 11.5 Å². The van der Waals surface area contributed by atoms with Crippen molar-refractivity contribution in [2.45, 2.75) is 19.4 Å². The van der Waals surface area contributed by atoms with Crippen molar-refractivity contribution in [2.75, 3.05) is 40.9 Å². The SMILES string of the molecule is CCOc1ccc([C@H]2C(=C(O)c3ccccc3)C(=O)C(=O)N2CCCN(C)C)cc1OC. The van der Waals surface area contributed by atoms with Crippen molar-refractivity contribution in [3.05, 3.63) is 65.2 Å². The lowest BCUT2D eigenvalue weighted by Gasteiger charge is -2.26. The molecule has 0 aromatic heterocycles. The Morgan fingerprint density at radius 3 is 2.44 bits per heavy atom. The van der Waals surface area contributed by atoms with Crippen molar-refractivity contribution >= 4 is 17.4 Å². The molecule has 1 aliphatic rings. The Labute approximate surface area is 188 Å². The van der Waals surface area contributed by atoms with Gasteiger partial charge in [-0.25, -0.2) is 0 Å². The van der Waals surface area contributed by atoms with Crippen LogP contribution in [0, 0.1) is 0 Å². The van der Waals surface area contributed by atoms with Crippen LogP contribution in [-0.2, 0) is 9.59 Å². The fraction of sp³-hybridized carbons (Fsp3) is 0.360. The van der Waals surface area contributed by atoms with Gasteiger partial charge in [-0.2, -0.15) is 0 Å². The Bertz CT molecular complexity index is 1000. The fourth-order valence-electron chi connectivity index (χ4n) is 3.90. The maximum atomic E-state index is 13.1. The van der Waals surface area contributed by atoms with Crippen LogP contribution >= 0.6 is 0 Å². The van der Waals surface area contributed by atoms with Crippen LogP contribution < -0.4 is 9.47 Å². The molecule has 0 unspecified atom stereocenters. The van der Waals surface area contributed by atoms with Crippen LogP contribution in [0.4, 0.5) is 0 Å². The van der Waals surface area contributed by atoms with Crippen LogP contribution in [0.15, 0.2) is 54.1 Å². The number of aliphatic hydroxyl groups excluding tert-OH is 1. The van der Waals surface area contributed by atoms with Gasteiger partial charge in [-0.15, -0.1) is 0 Å². The van der Waals surface area contributed by atoms with Crippen LogP contribution in [0.3, 0.4) is 0 Å². The lowest BCUT2D eigenvalue weighted by Crippen LogP contribution is -2.32. The highest BCUT2D eigenvalue weighted by Gasteiger charge is 2.46. The van der Waals surface area contributed by atoms with Gasteiger partial charge in [0.1, 0.15) is 5.76 Å². The van der Waals surface area contributed by atoms with E-state index in [9.17, 15) is 14.7 Å². The molecule has 2 aromatic rings. The number of hydrogen-bond donors (Lipinski definition) is 1. The van der Waals surface area contributed by atoms with Crippen LogP contribution in [0.2, 0.25) is 0 Å². The molecule has 1 saturated heterocycles. The number of rotatable bonds is 9. The normalized spacial score (nSPS) is 17.8. The first kappa shape index (κ1) is 23.3. The highest BCUT2D eigenvalue weighted by molar-refractivity contribution is 6.46. The predicted molar refractivity (Wildman–Crippen MR) is 123 cm³/mol. The minimum Gasteiger partial charge on any atom is -0.507 e. The van der Waals surface area contributed by atoms with E-state index < -0.39 is 17.7 Å². The minimum atomic E-state index is -0.720. The molecule has 7 heteroatoms. The molecule has 1 heterocycles. The second kappa shape index (κ2) is 10.3. The van der Waals surface area contributed by atoms with Crippen LogP contribution in [0.1, 0.15) is 30.5 Å². The molecular weight excluding hydrogens is 408 g/mol. The zero-order chi connectivity index (χ0) is 23.3. The van der Waals surface area contributed by atoms with Crippen molar-refractivity contribution in [2.24, 2.45) is 0 Å². The van der Waals surface area contributed by atoms with Crippen LogP contribution in [0.5, 0.6) is 11.5 Å². The van der Waals surface area contributed by atoms with Gasteiger partial charge in [0.15, 0.2) is 11.5 Å². The van der Waals surface area contributed by atoms with Gasteiger partial charge in [0.25, 0.3) is 11.7 Å². The van der Waals surface area contributed by atoms with Crippen molar-refractivity contribution in [1.29, 1.82) is 0 Å². The molecule has 0 radical (unpaired) electrons. The molecule has 2 aromatic carbocycles. The van der Waals surface area contributed by atoms with Gasteiger partial charge in [0.05, 0.1) is 25.3 Å². The van der Waals surface area contributed by atoms with Crippen LogP contribution in [-0.4, -0.2) is 67.5 Å². The molecule has 1 atom stereocenters. The van der Waals surface area contributed by atoms with E-state index in [1.54, 1.807) is 49.6 Å². The molecule has 1 aliphatic heterocycles. The third kappa shape index (κ3) is 4.78. The molecule has 0 saturated carbocycles. The summed E-state index contributed by atoms with van der Waals surface area (Å²) in [4.78, 5) is 29.6. The lowest BCUT2D eigenvalue weighted by atomic mass is 9.95. The summed E-state index contributed by atoms with van der Waals surface area (Å²) in [5, 5.41) is 11.1. The summed E-state index contributed by atoms with van der Waals surface area (Å²) in [5.41, 5.74) is 1.24. The molecule has 1 N–H and O–H groups in total.